The number of aliphatic hydroxyl groups is 1. The lowest BCUT2D eigenvalue weighted by Crippen LogP contribution is -2.44. The highest BCUT2D eigenvalue weighted by molar-refractivity contribution is 5.63. The Morgan fingerprint density at radius 3 is 2.53 bits per heavy atom. The molecule has 0 radical (unpaired) electrons. The summed E-state index contributed by atoms with van der Waals surface area (Å²) in [5.74, 6) is 0.193. The number of para-hydroxylation sites is 1. The van der Waals surface area contributed by atoms with E-state index in [1.54, 1.807) is 0 Å². The van der Waals surface area contributed by atoms with Gasteiger partial charge in [0, 0.05) is 24.2 Å². The van der Waals surface area contributed by atoms with Crippen molar-refractivity contribution in [3.63, 3.8) is 0 Å². The van der Waals surface area contributed by atoms with Crippen molar-refractivity contribution in [1.82, 2.24) is 0 Å². The number of nitrogens with zero attached hydrogens (tertiary/aromatic N) is 1. The van der Waals surface area contributed by atoms with E-state index in [2.05, 4.69) is 44.0 Å². The van der Waals surface area contributed by atoms with E-state index < -0.39 is 0 Å². The summed E-state index contributed by atoms with van der Waals surface area (Å²) < 4.78 is 0. The van der Waals surface area contributed by atoms with Crippen molar-refractivity contribution in [3.8, 4) is 0 Å². The molecule has 2 heteroatoms. The van der Waals surface area contributed by atoms with Crippen molar-refractivity contribution in [1.29, 1.82) is 0 Å². The van der Waals surface area contributed by atoms with Crippen molar-refractivity contribution in [2.75, 3.05) is 11.9 Å². The molecule has 1 N–H and O–H groups in total. The Hall–Kier alpha value is -1.02. The Morgan fingerprint density at radius 1 is 1.33 bits per heavy atom. The van der Waals surface area contributed by atoms with Gasteiger partial charge in [0.05, 0.1) is 6.10 Å². The monoisotopic (exact) mass is 205 g/mol. The molecule has 0 spiro atoms. The zero-order chi connectivity index (χ0) is 11.2. The Kier molecular flexibility index (Phi) is 2.27. The molecule has 1 aliphatic heterocycles. The van der Waals surface area contributed by atoms with Gasteiger partial charge in [0.2, 0.25) is 0 Å². The number of rotatable bonds is 1. The van der Waals surface area contributed by atoms with Crippen LogP contribution in [0.1, 0.15) is 32.3 Å². The summed E-state index contributed by atoms with van der Waals surface area (Å²) in [7, 11) is 2.10. The molecule has 1 aromatic carbocycles. The summed E-state index contributed by atoms with van der Waals surface area (Å²) >= 11 is 0. The van der Waals surface area contributed by atoms with Crippen LogP contribution >= 0.6 is 0 Å². The summed E-state index contributed by atoms with van der Waals surface area (Å²) in [5.41, 5.74) is 2.49. The van der Waals surface area contributed by atoms with E-state index in [1.165, 1.54) is 11.3 Å². The predicted molar refractivity (Wildman–Crippen MR) is 63.3 cm³/mol. The molecule has 0 aromatic heterocycles. The van der Waals surface area contributed by atoms with E-state index in [4.69, 9.17) is 0 Å². The van der Waals surface area contributed by atoms with Gasteiger partial charge in [-0.25, -0.2) is 0 Å². The highest BCUT2D eigenvalue weighted by Crippen LogP contribution is 2.47. The van der Waals surface area contributed by atoms with Crippen molar-refractivity contribution in [2.45, 2.75) is 38.3 Å². The average Bonchev–Trinajstić information content (AvgIpc) is 2.35. The van der Waals surface area contributed by atoms with Gasteiger partial charge in [-0.3, -0.25) is 0 Å². The van der Waals surface area contributed by atoms with Gasteiger partial charge in [-0.1, -0.05) is 18.2 Å². The Balaban J connectivity index is 2.56. The van der Waals surface area contributed by atoms with Crippen LogP contribution in [0.15, 0.2) is 24.3 Å². The first-order valence-electron chi connectivity index (χ1n) is 5.47. The largest absolute Gasteiger partial charge is 0.393 e. The van der Waals surface area contributed by atoms with Crippen molar-refractivity contribution >= 4 is 5.69 Å². The topological polar surface area (TPSA) is 23.5 Å². The summed E-state index contributed by atoms with van der Waals surface area (Å²) in [5, 5.41) is 9.93. The Labute approximate surface area is 91.5 Å². The first-order valence-corrected chi connectivity index (χ1v) is 5.47. The molecule has 0 amide bonds. The van der Waals surface area contributed by atoms with Gasteiger partial charge >= 0.3 is 0 Å². The van der Waals surface area contributed by atoms with Gasteiger partial charge in [0.15, 0.2) is 0 Å². The van der Waals surface area contributed by atoms with E-state index in [1.807, 2.05) is 13.0 Å². The third-order valence-electron chi connectivity index (χ3n) is 3.74. The second-order valence-corrected chi connectivity index (χ2v) is 4.99. The highest BCUT2D eigenvalue weighted by Gasteiger charge is 2.44. The molecule has 0 aliphatic carbocycles. The van der Waals surface area contributed by atoms with Crippen LogP contribution in [0.2, 0.25) is 0 Å². The molecule has 0 fully saturated rings. The first-order chi connectivity index (χ1) is 6.96. The molecule has 2 nitrogen and oxygen atoms in total. The summed E-state index contributed by atoms with van der Waals surface area (Å²) in [6, 6.07) is 8.34. The maximum Gasteiger partial charge on any atom is 0.0603 e. The van der Waals surface area contributed by atoms with E-state index in [0.29, 0.717) is 0 Å². The fourth-order valence-corrected chi connectivity index (χ4v) is 2.81. The minimum atomic E-state index is -0.314. The molecular formula is C13H19NO. The van der Waals surface area contributed by atoms with Crippen molar-refractivity contribution in [2.24, 2.45) is 0 Å². The number of benzene rings is 1. The van der Waals surface area contributed by atoms with Gasteiger partial charge in [-0.05, 0) is 32.4 Å². The van der Waals surface area contributed by atoms with Gasteiger partial charge < -0.3 is 10.0 Å². The van der Waals surface area contributed by atoms with Crippen molar-refractivity contribution < 1.29 is 5.11 Å². The summed E-state index contributed by atoms with van der Waals surface area (Å²) in [6.07, 6.45) is -0.314. The van der Waals surface area contributed by atoms with Crippen LogP contribution < -0.4 is 4.90 Å². The van der Waals surface area contributed by atoms with Crippen LogP contribution in [0.5, 0.6) is 0 Å². The molecular weight excluding hydrogens is 186 g/mol. The predicted octanol–water partition coefficient (Wildman–Crippen LogP) is 2.38. The van der Waals surface area contributed by atoms with Crippen molar-refractivity contribution in [3.05, 3.63) is 29.8 Å². The molecule has 2 unspecified atom stereocenters. The van der Waals surface area contributed by atoms with Crippen LogP contribution in [0, 0.1) is 0 Å². The molecule has 82 valence electrons. The fourth-order valence-electron chi connectivity index (χ4n) is 2.81. The molecule has 2 rings (SSSR count). The highest BCUT2D eigenvalue weighted by atomic mass is 16.3. The molecule has 1 heterocycles. The lowest BCUT2D eigenvalue weighted by Gasteiger charge is -2.36. The number of hydrogen-bond donors (Lipinski definition) is 1. The lowest BCUT2D eigenvalue weighted by molar-refractivity contribution is 0.134. The third-order valence-corrected chi connectivity index (χ3v) is 3.74. The van der Waals surface area contributed by atoms with E-state index in [0.717, 1.165) is 0 Å². The zero-order valence-electron chi connectivity index (χ0n) is 9.86. The number of fused-ring (bicyclic) bond motifs is 1. The minimum absolute atomic E-state index is 0.0160. The van der Waals surface area contributed by atoms with Crippen LogP contribution in [0.25, 0.3) is 0 Å². The van der Waals surface area contributed by atoms with E-state index in [-0.39, 0.29) is 17.6 Å². The smallest absolute Gasteiger partial charge is 0.0603 e. The third kappa shape index (κ3) is 1.36. The molecule has 0 bridgehead atoms. The van der Waals surface area contributed by atoms with Gasteiger partial charge in [-0.2, -0.15) is 0 Å². The fraction of sp³-hybridized carbons (Fsp3) is 0.538. The molecule has 1 aliphatic rings. The Bertz CT molecular complexity index is 371. The maximum absolute atomic E-state index is 9.93. The van der Waals surface area contributed by atoms with E-state index >= 15 is 0 Å². The quantitative estimate of drug-likeness (QED) is 0.761. The molecule has 0 saturated carbocycles. The van der Waals surface area contributed by atoms with Gasteiger partial charge in [0.25, 0.3) is 0 Å². The second-order valence-electron chi connectivity index (χ2n) is 4.99. The number of likely N-dealkylation sites (N-methyl/N-ethyl adjacent to an activating group) is 1. The van der Waals surface area contributed by atoms with Gasteiger partial charge in [-0.15, -0.1) is 0 Å². The van der Waals surface area contributed by atoms with Crippen LogP contribution in [0.4, 0.5) is 5.69 Å². The molecule has 2 atom stereocenters. The number of hydrogen-bond acceptors (Lipinski definition) is 2. The van der Waals surface area contributed by atoms with Gasteiger partial charge in [0.1, 0.15) is 0 Å². The normalized spacial score (nSPS) is 25.1. The Morgan fingerprint density at radius 2 is 1.93 bits per heavy atom. The SMILES string of the molecule is CC(O)C1c2ccccc2N(C)C1(C)C. The zero-order valence-corrected chi connectivity index (χ0v) is 9.86. The standard InChI is InChI=1S/C13H19NO/c1-9(15)12-10-7-5-6-8-11(10)14(4)13(12,2)3/h5-9,12,15H,1-4H3. The van der Waals surface area contributed by atoms with Crippen LogP contribution in [0.3, 0.4) is 0 Å². The minimum Gasteiger partial charge on any atom is -0.393 e. The molecule has 15 heavy (non-hydrogen) atoms. The first kappa shape index (κ1) is 10.5. The summed E-state index contributed by atoms with van der Waals surface area (Å²) in [4.78, 5) is 2.26. The number of anilines is 1. The number of aliphatic hydroxyl groups excluding tert-OH is 1. The molecule has 0 saturated heterocycles. The van der Waals surface area contributed by atoms with Crippen LogP contribution in [-0.2, 0) is 0 Å². The second kappa shape index (κ2) is 3.24. The maximum atomic E-state index is 9.93. The average molecular weight is 205 g/mol. The molecule has 1 aromatic rings. The summed E-state index contributed by atoms with van der Waals surface area (Å²) in [6.45, 7) is 6.25. The van der Waals surface area contributed by atoms with E-state index in [9.17, 15) is 5.11 Å². The lowest BCUT2D eigenvalue weighted by atomic mass is 9.82. The van der Waals surface area contributed by atoms with Crippen LogP contribution in [-0.4, -0.2) is 23.8 Å².